The number of likely N-dealkylation sites (tertiary alicyclic amines) is 1. The first-order valence-electron chi connectivity index (χ1n) is 14.7. The van der Waals surface area contributed by atoms with E-state index in [2.05, 4.69) is 16.9 Å². The van der Waals surface area contributed by atoms with Gasteiger partial charge in [-0.05, 0) is 69.0 Å². The Morgan fingerprint density at radius 2 is 1.50 bits per heavy atom. The van der Waals surface area contributed by atoms with E-state index >= 15 is 0 Å². The van der Waals surface area contributed by atoms with Crippen LogP contribution in [-0.4, -0.2) is 80.9 Å². The Hall–Kier alpha value is -3.92. The third kappa shape index (κ3) is 7.22. The van der Waals surface area contributed by atoms with Crippen molar-refractivity contribution in [2.24, 2.45) is 10.7 Å². The smallest absolute Gasteiger partial charge is 0.239 e. The highest BCUT2D eigenvalue weighted by atomic mass is 32.2. The highest BCUT2D eigenvalue weighted by molar-refractivity contribution is 7.89. The number of nitrogens with one attached hydrogen (secondary N) is 1. The van der Waals surface area contributed by atoms with Gasteiger partial charge in [0.1, 0.15) is 23.0 Å². The van der Waals surface area contributed by atoms with Gasteiger partial charge >= 0.3 is 0 Å². The highest BCUT2D eigenvalue weighted by Crippen LogP contribution is 2.35. The molecule has 0 unspecified atom stereocenters. The molecule has 46 heavy (non-hydrogen) atoms. The second-order valence-electron chi connectivity index (χ2n) is 12.3. The molecule has 0 radical (unpaired) electrons. The molecule has 252 valence electrons. The van der Waals surface area contributed by atoms with Crippen LogP contribution in [0.2, 0.25) is 0 Å². The van der Waals surface area contributed by atoms with E-state index in [1.807, 2.05) is 4.90 Å². The largest absolute Gasteiger partial charge is 0.399 e. The number of piperidine rings is 1. The Balaban J connectivity index is 0.000000222. The van der Waals surface area contributed by atoms with Crippen molar-refractivity contribution in [1.29, 1.82) is 0 Å². The van der Waals surface area contributed by atoms with Crippen LogP contribution in [0.1, 0.15) is 49.8 Å². The summed E-state index contributed by atoms with van der Waals surface area (Å²) >= 11 is 0. The lowest BCUT2D eigenvalue weighted by Crippen LogP contribution is -2.56. The molecule has 2 aromatic rings. The normalized spacial score (nSPS) is 25.6. The second-order valence-corrected chi connectivity index (χ2v) is 16.3. The lowest BCUT2D eigenvalue weighted by Gasteiger charge is -2.41. The molecule has 0 saturated carbocycles. The van der Waals surface area contributed by atoms with Gasteiger partial charge in [-0.3, -0.25) is 9.10 Å². The van der Waals surface area contributed by atoms with Gasteiger partial charge in [-0.15, -0.1) is 0 Å². The van der Waals surface area contributed by atoms with Gasteiger partial charge in [-0.25, -0.2) is 34.9 Å². The number of carbonyl (C=O) groups is 1. The van der Waals surface area contributed by atoms with Crippen LogP contribution < -0.4 is 16.8 Å². The zero-order valence-electron chi connectivity index (χ0n) is 26.4. The van der Waals surface area contributed by atoms with Crippen LogP contribution in [0, 0.1) is 11.6 Å². The van der Waals surface area contributed by atoms with Gasteiger partial charge in [0, 0.05) is 44.0 Å². The third-order valence-corrected chi connectivity index (χ3v) is 12.5. The van der Waals surface area contributed by atoms with Crippen LogP contribution in [0.25, 0.3) is 0 Å². The number of nitrogen functional groups attached to an aromatic ring is 1. The molecule has 1 amide bonds. The lowest BCUT2D eigenvalue weighted by atomic mass is 9.91. The number of rotatable bonds is 4. The van der Waals surface area contributed by atoms with Gasteiger partial charge in [0.25, 0.3) is 0 Å². The predicted octanol–water partition coefficient (Wildman–Crippen LogP) is 2.14. The maximum atomic E-state index is 14.6. The number of guanidine groups is 1. The molecule has 0 aromatic heterocycles. The molecular formula is C30H41F2N7O5S2. The monoisotopic (exact) mass is 681 g/mol. The molecule has 16 heteroatoms. The van der Waals surface area contributed by atoms with E-state index in [0.717, 1.165) is 41.0 Å². The molecule has 5 N–H and O–H groups in total. The van der Waals surface area contributed by atoms with Gasteiger partial charge in [-0.1, -0.05) is 12.6 Å². The highest BCUT2D eigenvalue weighted by Gasteiger charge is 2.43. The minimum atomic E-state index is -3.70. The van der Waals surface area contributed by atoms with Crippen molar-refractivity contribution >= 4 is 37.6 Å². The van der Waals surface area contributed by atoms with Crippen molar-refractivity contribution in [1.82, 2.24) is 18.8 Å². The van der Waals surface area contributed by atoms with Crippen molar-refractivity contribution in [3.8, 4) is 0 Å². The Kier molecular flexibility index (Phi) is 9.65. The van der Waals surface area contributed by atoms with Crippen molar-refractivity contribution in [3.63, 3.8) is 0 Å². The van der Waals surface area contributed by atoms with Gasteiger partial charge in [0.2, 0.25) is 31.9 Å². The molecule has 2 saturated heterocycles. The second kappa shape index (κ2) is 12.7. The number of carbonyl (C=O) groups excluding carboxylic acids is 1. The van der Waals surface area contributed by atoms with E-state index in [0.29, 0.717) is 11.3 Å². The first-order valence-corrected chi connectivity index (χ1v) is 17.9. The Morgan fingerprint density at radius 3 is 2.11 bits per heavy atom. The van der Waals surface area contributed by atoms with E-state index in [1.54, 1.807) is 19.9 Å². The predicted molar refractivity (Wildman–Crippen MR) is 173 cm³/mol. The fraction of sp³-hybridized carbons (Fsp3) is 0.467. The summed E-state index contributed by atoms with van der Waals surface area (Å²) in [6.45, 7) is 8.29. The quantitative estimate of drug-likeness (QED) is 0.412. The van der Waals surface area contributed by atoms with E-state index < -0.39 is 48.5 Å². The molecule has 2 fully saturated rings. The lowest BCUT2D eigenvalue weighted by molar-refractivity contribution is -0.131. The molecule has 12 nitrogen and oxygen atoms in total. The molecule has 5 rings (SSSR count). The maximum Gasteiger partial charge on any atom is 0.239 e. The molecule has 3 aliphatic rings. The number of aliphatic imine (C=N–C) groups is 1. The topological polar surface area (TPSA) is 171 Å². The molecule has 0 spiro atoms. The molecule has 3 aliphatic heterocycles. The third-order valence-electron chi connectivity index (χ3n) is 8.51. The first-order chi connectivity index (χ1) is 21.3. The summed E-state index contributed by atoms with van der Waals surface area (Å²) in [6, 6.07) is 8.45. The minimum Gasteiger partial charge on any atom is -0.399 e. The van der Waals surface area contributed by atoms with Gasteiger partial charge in [0.15, 0.2) is 0 Å². The van der Waals surface area contributed by atoms with Crippen molar-refractivity contribution < 1.29 is 30.4 Å². The zero-order valence-corrected chi connectivity index (χ0v) is 28.0. The standard InChI is InChI=1S/C18H25FN4O3S.C12H16FN3O2S/c1-18(12-27(25,26)22(2)17(20)21-18)14-10-13(6-7-15(14)19)11-16(24)23-8-4-3-5-9-23;1-8-15-12(2,7-19(17,18)16(8)3)10-6-9(14)4-5-11(10)13/h6-7,10H,3-5,8-9,11-12H2,1-2H3,(H2,20,21);4-6,15H,1,7,14H2,2-3H3/t18-;12-/m00/s1. The van der Waals surface area contributed by atoms with Crippen LogP contribution in [-0.2, 0) is 42.3 Å². The summed E-state index contributed by atoms with van der Waals surface area (Å²) in [5.41, 5.74) is 10.3. The molecule has 3 heterocycles. The Labute approximate surface area is 269 Å². The fourth-order valence-electron chi connectivity index (χ4n) is 5.79. The van der Waals surface area contributed by atoms with Crippen LogP contribution in [0.15, 0.2) is 53.8 Å². The summed E-state index contributed by atoms with van der Waals surface area (Å²) in [6.07, 6.45) is 3.27. The van der Waals surface area contributed by atoms with Gasteiger partial charge in [0.05, 0.1) is 23.5 Å². The average Bonchev–Trinajstić information content (AvgIpc) is 2.97. The van der Waals surface area contributed by atoms with Crippen LogP contribution in [0.4, 0.5) is 14.5 Å². The van der Waals surface area contributed by atoms with Crippen LogP contribution >= 0.6 is 0 Å². The fourth-order valence-corrected chi connectivity index (χ4v) is 8.77. The number of halogens is 2. The van der Waals surface area contributed by atoms with E-state index in [4.69, 9.17) is 11.5 Å². The molecular weight excluding hydrogens is 641 g/mol. The molecule has 0 bridgehead atoms. The summed E-state index contributed by atoms with van der Waals surface area (Å²) in [7, 11) is -4.51. The zero-order chi connectivity index (χ0) is 34.2. The Morgan fingerprint density at radius 1 is 0.913 bits per heavy atom. The van der Waals surface area contributed by atoms with E-state index in [1.165, 1.54) is 44.4 Å². The molecule has 2 atom stereocenters. The number of amides is 1. The molecule has 2 aromatic carbocycles. The number of nitrogens with two attached hydrogens (primary N) is 2. The minimum absolute atomic E-state index is 0.00331. The summed E-state index contributed by atoms with van der Waals surface area (Å²) in [5, 5.41) is 2.94. The number of hydrogen-bond donors (Lipinski definition) is 3. The number of nitrogens with zero attached hydrogens (tertiary/aromatic N) is 4. The summed E-state index contributed by atoms with van der Waals surface area (Å²) in [4.78, 5) is 18.6. The van der Waals surface area contributed by atoms with Gasteiger partial charge < -0.3 is 21.7 Å². The number of sulfonamides is 2. The first kappa shape index (κ1) is 34.9. The van der Waals surface area contributed by atoms with Crippen LogP contribution in [0.3, 0.4) is 0 Å². The summed E-state index contributed by atoms with van der Waals surface area (Å²) < 4.78 is 79.2. The van der Waals surface area contributed by atoms with Crippen LogP contribution in [0.5, 0.6) is 0 Å². The maximum absolute atomic E-state index is 14.6. The summed E-state index contributed by atoms with van der Waals surface area (Å²) in [5.74, 6) is -1.71. The SMILES string of the molecule is C=C1N[C@](C)(c2cc(N)ccc2F)CS(=O)(=O)N1C.CN1C(N)=N[C@](C)(c2cc(CC(=O)N3CCCCC3)ccc2F)CS1(=O)=O. The van der Waals surface area contributed by atoms with E-state index in [9.17, 15) is 30.4 Å². The van der Waals surface area contributed by atoms with Gasteiger partial charge in [-0.2, -0.15) is 0 Å². The number of anilines is 1. The van der Waals surface area contributed by atoms with Crippen molar-refractivity contribution in [2.45, 2.75) is 50.6 Å². The average molecular weight is 682 g/mol. The Bertz CT molecular complexity index is 1780. The van der Waals surface area contributed by atoms with E-state index in [-0.39, 0.29) is 41.0 Å². The number of benzene rings is 2. The van der Waals surface area contributed by atoms with Crippen molar-refractivity contribution in [2.75, 3.05) is 44.4 Å². The number of hydrogen-bond acceptors (Lipinski definition) is 9. The molecule has 0 aliphatic carbocycles. The van der Waals surface area contributed by atoms with Crippen molar-refractivity contribution in [3.05, 3.63) is 77.1 Å².